The highest BCUT2D eigenvalue weighted by Gasteiger charge is 2.35. The van der Waals surface area contributed by atoms with Gasteiger partial charge in [0.15, 0.2) is 11.5 Å². The summed E-state index contributed by atoms with van der Waals surface area (Å²) in [6.07, 6.45) is 3.83. The van der Waals surface area contributed by atoms with E-state index in [1.165, 1.54) is 0 Å². The average molecular weight is 470 g/mol. The molecule has 1 N–H and O–H groups in total. The van der Waals surface area contributed by atoms with Gasteiger partial charge in [-0.05, 0) is 78.7 Å². The van der Waals surface area contributed by atoms with Crippen LogP contribution >= 0.6 is 0 Å². The second-order valence-electron chi connectivity index (χ2n) is 8.89. The highest BCUT2D eigenvalue weighted by molar-refractivity contribution is 5.95. The molecule has 0 saturated carbocycles. The van der Waals surface area contributed by atoms with Crippen molar-refractivity contribution in [1.29, 1.82) is 0 Å². The number of rotatable bonds is 4. The van der Waals surface area contributed by atoms with Gasteiger partial charge in [-0.3, -0.25) is 14.6 Å². The second kappa shape index (κ2) is 8.91. The van der Waals surface area contributed by atoms with Gasteiger partial charge in [0.05, 0.1) is 25.8 Å². The number of fused-ring (bicyclic) bond motifs is 2. The van der Waals surface area contributed by atoms with Crippen LogP contribution in [0.3, 0.4) is 0 Å². The van der Waals surface area contributed by atoms with Crippen LogP contribution in [0.25, 0.3) is 10.9 Å². The number of aromatic amines is 1. The topological polar surface area (TPSA) is 84.5 Å². The lowest BCUT2D eigenvalue weighted by molar-refractivity contribution is 0.0693. The lowest BCUT2D eigenvalue weighted by Gasteiger charge is -2.38. The number of hydrogen-bond acceptors (Lipinski definition) is 5. The van der Waals surface area contributed by atoms with Gasteiger partial charge in [-0.25, -0.2) is 0 Å². The van der Waals surface area contributed by atoms with E-state index in [4.69, 9.17) is 9.47 Å². The number of benzene rings is 2. The quantitative estimate of drug-likeness (QED) is 0.481. The summed E-state index contributed by atoms with van der Waals surface area (Å²) in [6.45, 7) is 4.47. The van der Waals surface area contributed by atoms with Crippen LogP contribution in [-0.2, 0) is 6.42 Å². The van der Waals surface area contributed by atoms with Gasteiger partial charge >= 0.3 is 0 Å². The zero-order valence-corrected chi connectivity index (χ0v) is 20.2. The van der Waals surface area contributed by atoms with Crippen molar-refractivity contribution in [2.75, 3.05) is 20.8 Å². The molecule has 7 nitrogen and oxygen atoms in total. The smallest absolute Gasteiger partial charge is 0.254 e. The molecule has 0 aliphatic carbocycles. The third-order valence-electron chi connectivity index (χ3n) is 6.68. The predicted molar refractivity (Wildman–Crippen MR) is 134 cm³/mol. The minimum Gasteiger partial charge on any atom is -0.493 e. The van der Waals surface area contributed by atoms with Crippen molar-refractivity contribution in [2.24, 2.45) is 0 Å². The van der Waals surface area contributed by atoms with E-state index in [0.29, 0.717) is 35.6 Å². The predicted octanol–water partition coefficient (Wildman–Crippen LogP) is 4.35. The number of aryl methyl sites for hydroxylation is 2. The monoisotopic (exact) mass is 469 g/mol. The number of nitrogens with zero attached hydrogens (tertiary/aromatic N) is 2. The molecule has 2 aromatic heterocycles. The third-order valence-corrected chi connectivity index (χ3v) is 6.68. The Morgan fingerprint density at radius 3 is 2.43 bits per heavy atom. The van der Waals surface area contributed by atoms with E-state index in [-0.39, 0.29) is 11.5 Å². The van der Waals surface area contributed by atoms with Gasteiger partial charge < -0.3 is 19.4 Å². The van der Waals surface area contributed by atoms with Crippen LogP contribution in [0.2, 0.25) is 0 Å². The third kappa shape index (κ3) is 3.93. The minimum absolute atomic E-state index is 0.155. The maximum absolute atomic E-state index is 13.7. The largest absolute Gasteiger partial charge is 0.493 e. The molecule has 4 aromatic rings. The van der Waals surface area contributed by atoms with Gasteiger partial charge in [0.25, 0.3) is 11.5 Å². The summed E-state index contributed by atoms with van der Waals surface area (Å²) in [7, 11) is 3.18. The highest BCUT2D eigenvalue weighted by Crippen LogP contribution is 2.41. The molecule has 0 saturated heterocycles. The zero-order valence-electron chi connectivity index (χ0n) is 20.2. The van der Waals surface area contributed by atoms with Crippen LogP contribution in [-0.4, -0.2) is 41.5 Å². The first kappa shape index (κ1) is 22.7. The van der Waals surface area contributed by atoms with Crippen molar-refractivity contribution in [2.45, 2.75) is 26.3 Å². The van der Waals surface area contributed by atoms with E-state index < -0.39 is 6.04 Å². The van der Waals surface area contributed by atoms with E-state index in [1.807, 2.05) is 38.1 Å². The van der Waals surface area contributed by atoms with Crippen molar-refractivity contribution in [3.63, 3.8) is 0 Å². The van der Waals surface area contributed by atoms with Crippen molar-refractivity contribution >= 4 is 16.8 Å². The lowest BCUT2D eigenvalue weighted by Crippen LogP contribution is -2.42. The first-order valence-electron chi connectivity index (χ1n) is 11.5. The Kier molecular flexibility index (Phi) is 5.76. The van der Waals surface area contributed by atoms with Gasteiger partial charge in [0.2, 0.25) is 0 Å². The van der Waals surface area contributed by atoms with Gasteiger partial charge in [0, 0.05) is 30.1 Å². The normalized spacial score (nSPS) is 15.1. The molecular formula is C28H27N3O4. The summed E-state index contributed by atoms with van der Waals surface area (Å²) < 4.78 is 11.1. The molecule has 1 aliphatic heterocycles. The van der Waals surface area contributed by atoms with Crippen molar-refractivity contribution < 1.29 is 14.3 Å². The molecule has 0 spiro atoms. The number of amides is 1. The van der Waals surface area contributed by atoms with E-state index >= 15 is 0 Å². The summed E-state index contributed by atoms with van der Waals surface area (Å²) in [5, 5.41) is 0.931. The fourth-order valence-electron chi connectivity index (χ4n) is 5.07. The standard InChI is InChI=1S/C28H27N3O4/c1-16-11-17(2)25-20(12-16)13-22(27(32)30-25)26-21-15-24(35-4)23(34-3)14-19(21)7-10-31(26)28(33)18-5-8-29-9-6-18/h5-6,8-9,11-15,26H,7,10H2,1-4H3,(H,30,32). The Hall–Kier alpha value is -4.13. The van der Waals surface area contributed by atoms with Gasteiger partial charge in [-0.1, -0.05) is 11.6 Å². The molecule has 0 fully saturated rings. The van der Waals surface area contributed by atoms with Crippen LogP contribution in [0.4, 0.5) is 0 Å². The maximum atomic E-state index is 13.7. The van der Waals surface area contributed by atoms with Crippen LogP contribution in [0, 0.1) is 13.8 Å². The Morgan fingerprint density at radius 1 is 1.00 bits per heavy atom. The van der Waals surface area contributed by atoms with Crippen LogP contribution < -0.4 is 15.0 Å². The molecule has 35 heavy (non-hydrogen) atoms. The molecule has 1 atom stereocenters. The Morgan fingerprint density at radius 2 is 1.71 bits per heavy atom. The molecular weight excluding hydrogens is 442 g/mol. The number of nitrogens with one attached hydrogen (secondary N) is 1. The van der Waals surface area contributed by atoms with E-state index in [1.54, 1.807) is 43.6 Å². The molecule has 178 valence electrons. The second-order valence-corrected chi connectivity index (χ2v) is 8.89. The molecule has 2 aromatic carbocycles. The fourth-order valence-corrected chi connectivity index (χ4v) is 5.07. The summed E-state index contributed by atoms with van der Waals surface area (Å²) >= 11 is 0. The molecule has 1 unspecified atom stereocenters. The number of pyridine rings is 2. The first-order chi connectivity index (χ1) is 16.9. The molecule has 0 radical (unpaired) electrons. The lowest BCUT2D eigenvalue weighted by atomic mass is 9.87. The minimum atomic E-state index is -0.590. The molecule has 1 aliphatic rings. The Labute approximate surface area is 203 Å². The number of ether oxygens (including phenoxy) is 2. The molecule has 7 heteroatoms. The fraction of sp³-hybridized carbons (Fsp3) is 0.250. The summed E-state index contributed by atoms with van der Waals surface area (Å²) in [4.78, 5) is 36.1. The summed E-state index contributed by atoms with van der Waals surface area (Å²) in [6, 6.07) is 12.6. The zero-order chi connectivity index (χ0) is 24.7. The summed E-state index contributed by atoms with van der Waals surface area (Å²) in [5.41, 5.74) is 5.61. The van der Waals surface area contributed by atoms with Gasteiger partial charge in [0.1, 0.15) is 0 Å². The Balaban J connectivity index is 1.76. The molecule has 1 amide bonds. The number of methoxy groups -OCH3 is 2. The Bertz CT molecular complexity index is 1490. The number of H-pyrrole nitrogens is 1. The molecule has 0 bridgehead atoms. The van der Waals surface area contributed by atoms with E-state index in [2.05, 4.69) is 16.0 Å². The highest BCUT2D eigenvalue weighted by atomic mass is 16.5. The van der Waals surface area contributed by atoms with Gasteiger partial charge in [-0.2, -0.15) is 0 Å². The summed E-state index contributed by atoms with van der Waals surface area (Å²) in [5.74, 6) is 1.02. The maximum Gasteiger partial charge on any atom is 0.254 e. The van der Waals surface area contributed by atoms with Crippen LogP contribution in [0.15, 0.2) is 59.7 Å². The average Bonchev–Trinajstić information content (AvgIpc) is 2.87. The van der Waals surface area contributed by atoms with Crippen molar-refractivity contribution in [1.82, 2.24) is 14.9 Å². The van der Waals surface area contributed by atoms with Crippen LogP contribution in [0.1, 0.15) is 44.2 Å². The molecule has 5 rings (SSSR count). The van der Waals surface area contributed by atoms with Crippen molar-refractivity contribution in [3.8, 4) is 11.5 Å². The van der Waals surface area contributed by atoms with Crippen molar-refractivity contribution in [3.05, 3.63) is 98.6 Å². The first-order valence-corrected chi connectivity index (χ1v) is 11.5. The number of aromatic nitrogens is 2. The number of carbonyl (C=O) groups is 1. The van der Waals surface area contributed by atoms with Gasteiger partial charge in [-0.15, -0.1) is 0 Å². The number of hydrogen-bond donors (Lipinski definition) is 1. The molecule has 3 heterocycles. The van der Waals surface area contributed by atoms with E-state index in [0.717, 1.165) is 33.2 Å². The SMILES string of the molecule is COc1cc2c(cc1OC)C(c1cc3cc(C)cc(C)c3[nH]c1=O)N(C(=O)c1ccncc1)CC2. The van der Waals surface area contributed by atoms with E-state index in [9.17, 15) is 9.59 Å². The number of carbonyl (C=O) groups excluding carboxylic acids is 1. The van der Waals surface area contributed by atoms with Crippen LogP contribution in [0.5, 0.6) is 11.5 Å².